The Morgan fingerprint density at radius 1 is 0.980 bits per heavy atom. The van der Waals surface area contributed by atoms with Crippen molar-refractivity contribution in [1.82, 2.24) is 4.90 Å². The Hall–Kier alpha value is -5.17. The van der Waals surface area contributed by atoms with E-state index in [9.17, 15) is 4.79 Å². The molecule has 1 saturated heterocycles. The van der Waals surface area contributed by atoms with Crippen molar-refractivity contribution in [2.75, 3.05) is 69.0 Å². The van der Waals surface area contributed by atoms with Gasteiger partial charge < -0.3 is 47.6 Å². The zero-order valence-corrected chi connectivity index (χ0v) is 29.5. The number of oxime groups is 1. The predicted molar refractivity (Wildman–Crippen MR) is 188 cm³/mol. The highest BCUT2D eigenvalue weighted by Gasteiger charge is 2.33. The molecule has 3 aliphatic heterocycles. The number of amides is 1. The summed E-state index contributed by atoms with van der Waals surface area (Å²) in [4.78, 5) is 25.5. The first-order chi connectivity index (χ1) is 24.3. The van der Waals surface area contributed by atoms with Crippen molar-refractivity contribution in [2.24, 2.45) is 10.1 Å². The molecule has 3 aliphatic rings. The van der Waals surface area contributed by atoms with Crippen LogP contribution in [0.4, 0.5) is 5.69 Å². The zero-order valence-electron chi connectivity index (χ0n) is 29.5. The van der Waals surface area contributed by atoms with Gasteiger partial charge in [0.05, 0.1) is 78.4 Å². The standard InChI is InChI=1S/C37H45N3O10/c1-23(48-13-9-14-49-33-21-29-27(19-32(33)44-4)37(41)40-12-8-10-26(40)22-38-29)30(43-3)16-24(11-15-42-2)31-20-28(39-50-31)25-17-34(45-5)36(47-7)35(18-25)46-6/h11,16-19,21-22,26,31H,1,8-10,12-15,20H2,2-7H3/b24-11+,30-16+. The van der Waals surface area contributed by atoms with Gasteiger partial charge >= 0.3 is 0 Å². The minimum atomic E-state index is -0.419. The molecule has 2 unspecified atom stereocenters. The Balaban J connectivity index is 1.19. The van der Waals surface area contributed by atoms with E-state index in [0.29, 0.717) is 89.9 Å². The average Bonchev–Trinajstić information content (AvgIpc) is 3.81. The van der Waals surface area contributed by atoms with Gasteiger partial charge in [0, 0.05) is 44.3 Å². The van der Waals surface area contributed by atoms with Crippen LogP contribution in [0.3, 0.4) is 0 Å². The lowest BCUT2D eigenvalue weighted by Gasteiger charge is -2.20. The van der Waals surface area contributed by atoms with Crippen molar-refractivity contribution < 1.29 is 47.5 Å². The van der Waals surface area contributed by atoms with Gasteiger partial charge in [-0.15, -0.1) is 0 Å². The first-order valence-electron chi connectivity index (χ1n) is 16.3. The number of fused-ring (bicyclic) bond motifs is 2. The Bertz CT molecular complexity index is 1660. The third-order valence-corrected chi connectivity index (χ3v) is 8.60. The smallest absolute Gasteiger partial charge is 0.256 e. The summed E-state index contributed by atoms with van der Waals surface area (Å²) in [6.45, 7) is 5.79. The third kappa shape index (κ3) is 7.99. The van der Waals surface area contributed by atoms with E-state index < -0.39 is 6.10 Å². The molecule has 0 radical (unpaired) electrons. The summed E-state index contributed by atoms with van der Waals surface area (Å²) in [5, 5.41) is 4.36. The molecule has 0 aromatic heterocycles. The van der Waals surface area contributed by atoms with Crippen LogP contribution in [0, 0.1) is 0 Å². The molecule has 268 valence electrons. The van der Waals surface area contributed by atoms with Gasteiger partial charge in [-0.1, -0.05) is 17.8 Å². The van der Waals surface area contributed by atoms with Gasteiger partial charge in [-0.3, -0.25) is 9.79 Å². The first kappa shape index (κ1) is 36.1. The van der Waals surface area contributed by atoms with Crippen LogP contribution in [0.2, 0.25) is 0 Å². The maximum atomic E-state index is 13.1. The number of hydrogen-bond donors (Lipinski definition) is 0. The lowest BCUT2D eigenvalue weighted by atomic mass is 9.98. The molecule has 0 saturated carbocycles. The van der Waals surface area contributed by atoms with E-state index in [0.717, 1.165) is 30.5 Å². The lowest BCUT2D eigenvalue weighted by Crippen LogP contribution is -2.35. The molecule has 2 atom stereocenters. The summed E-state index contributed by atoms with van der Waals surface area (Å²) < 4.78 is 45.0. The maximum Gasteiger partial charge on any atom is 0.256 e. The van der Waals surface area contributed by atoms with Crippen molar-refractivity contribution >= 4 is 23.5 Å². The summed E-state index contributed by atoms with van der Waals surface area (Å²) in [7, 11) is 9.40. The Labute approximate surface area is 292 Å². The molecule has 2 aromatic carbocycles. The van der Waals surface area contributed by atoms with Crippen LogP contribution >= 0.6 is 0 Å². The predicted octanol–water partition coefficient (Wildman–Crippen LogP) is 5.64. The fourth-order valence-electron chi connectivity index (χ4n) is 5.97. The van der Waals surface area contributed by atoms with E-state index in [1.807, 2.05) is 35.4 Å². The number of carbonyl (C=O) groups excluding carboxylic acids is 1. The second kappa shape index (κ2) is 17.0. The zero-order chi connectivity index (χ0) is 35.6. The van der Waals surface area contributed by atoms with Gasteiger partial charge in [0.1, 0.15) is 0 Å². The highest BCUT2D eigenvalue weighted by atomic mass is 16.6. The Kier molecular flexibility index (Phi) is 12.3. The van der Waals surface area contributed by atoms with Crippen LogP contribution in [-0.2, 0) is 19.0 Å². The summed E-state index contributed by atoms with van der Waals surface area (Å²) >= 11 is 0. The van der Waals surface area contributed by atoms with Crippen LogP contribution in [0.15, 0.2) is 70.2 Å². The summed E-state index contributed by atoms with van der Waals surface area (Å²) in [5.74, 6) is 3.25. The molecule has 1 fully saturated rings. The minimum absolute atomic E-state index is 0.0261. The summed E-state index contributed by atoms with van der Waals surface area (Å²) in [5.41, 5.74) is 3.36. The van der Waals surface area contributed by atoms with Crippen LogP contribution in [0.1, 0.15) is 41.6 Å². The number of aliphatic imine (C=N–C) groups is 1. The van der Waals surface area contributed by atoms with Crippen molar-refractivity contribution in [2.45, 2.75) is 37.8 Å². The van der Waals surface area contributed by atoms with Gasteiger partial charge in [-0.05, 0) is 42.7 Å². The van der Waals surface area contributed by atoms with Crippen molar-refractivity contribution in [3.05, 3.63) is 71.2 Å². The van der Waals surface area contributed by atoms with E-state index in [2.05, 4.69) is 16.7 Å². The second-order valence-electron chi connectivity index (χ2n) is 11.6. The van der Waals surface area contributed by atoms with Crippen LogP contribution in [-0.4, -0.2) is 104 Å². The monoisotopic (exact) mass is 691 g/mol. The van der Waals surface area contributed by atoms with Crippen molar-refractivity contribution in [1.29, 1.82) is 0 Å². The van der Waals surface area contributed by atoms with Gasteiger partial charge in [0.2, 0.25) is 5.75 Å². The molecule has 0 aliphatic carbocycles. The molecule has 13 heteroatoms. The van der Waals surface area contributed by atoms with Crippen LogP contribution < -0.4 is 23.7 Å². The molecule has 50 heavy (non-hydrogen) atoms. The van der Waals surface area contributed by atoms with Gasteiger partial charge in [-0.25, -0.2) is 0 Å². The molecule has 0 bridgehead atoms. The molecule has 13 nitrogen and oxygen atoms in total. The second-order valence-corrected chi connectivity index (χ2v) is 11.6. The average molecular weight is 692 g/mol. The quantitative estimate of drug-likeness (QED) is 0.117. The highest BCUT2D eigenvalue weighted by Crippen LogP contribution is 2.40. The first-order valence-corrected chi connectivity index (χ1v) is 16.3. The Morgan fingerprint density at radius 2 is 1.74 bits per heavy atom. The summed E-state index contributed by atoms with van der Waals surface area (Å²) in [6.07, 6.45) is 8.04. The normalized spacial score (nSPS) is 18.4. The fourth-order valence-corrected chi connectivity index (χ4v) is 5.97. The van der Waals surface area contributed by atoms with Gasteiger partial charge in [-0.2, -0.15) is 0 Å². The SMILES string of the molecule is C=C(OCCCOc1cc2c(cc1OC)C(=O)N1CCCC1C=N2)/C(=C\C(=C/COC)C1CC(c2cc(OC)c(OC)c(OC)c2)=NO1)OC. The van der Waals surface area contributed by atoms with Crippen LogP contribution in [0.5, 0.6) is 28.7 Å². The van der Waals surface area contributed by atoms with Crippen molar-refractivity contribution in [3.63, 3.8) is 0 Å². The summed E-state index contributed by atoms with van der Waals surface area (Å²) in [6, 6.07) is 7.16. The number of carbonyl (C=O) groups is 1. The number of rotatable bonds is 17. The third-order valence-electron chi connectivity index (χ3n) is 8.60. The highest BCUT2D eigenvalue weighted by molar-refractivity contribution is 6.04. The molecule has 0 spiro atoms. The van der Waals surface area contributed by atoms with E-state index >= 15 is 0 Å². The lowest BCUT2D eigenvalue weighted by molar-refractivity contribution is 0.0774. The fraction of sp³-hybridized carbons (Fsp3) is 0.432. The molecule has 2 aromatic rings. The number of nitrogens with zero attached hydrogens (tertiary/aromatic N) is 3. The molecule has 5 rings (SSSR count). The largest absolute Gasteiger partial charge is 0.493 e. The topological polar surface area (TPSA) is 128 Å². The minimum Gasteiger partial charge on any atom is -0.493 e. The molecule has 1 amide bonds. The number of benzene rings is 2. The van der Waals surface area contributed by atoms with E-state index in [1.165, 1.54) is 0 Å². The van der Waals surface area contributed by atoms with Crippen LogP contribution in [0.25, 0.3) is 0 Å². The molecular formula is C37H45N3O10. The number of methoxy groups -OCH3 is 6. The number of ether oxygens (including phenoxy) is 8. The molecule has 0 N–H and O–H groups in total. The van der Waals surface area contributed by atoms with Gasteiger partial charge in [0.25, 0.3) is 5.91 Å². The van der Waals surface area contributed by atoms with E-state index in [1.54, 1.807) is 54.8 Å². The molecule has 3 heterocycles. The van der Waals surface area contributed by atoms with E-state index in [4.69, 9.17) is 42.7 Å². The van der Waals surface area contributed by atoms with Crippen molar-refractivity contribution in [3.8, 4) is 28.7 Å². The maximum absolute atomic E-state index is 13.1. The van der Waals surface area contributed by atoms with E-state index in [-0.39, 0.29) is 11.9 Å². The number of hydrogen-bond acceptors (Lipinski definition) is 12. The van der Waals surface area contributed by atoms with Gasteiger partial charge in [0.15, 0.2) is 40.6 Å². The Morgan fingerprint density at radius 3 is 2.42 bits per heavy atom. The molecular weight excluding hydrogens is 646 g/mol.